The van der Waals surface area contributed by atoms with Crippen LogP contribution in [-0.2, 0) is 14.3 Å². The second-order valence-electron chi connectivity index (χ2n) is 11.4. The summed E-state index contributed by atoms with van der Waals surface area (Å²) in [5.74, 6) is 0.902. The lowest BCUT2D eigenvalue weighted by atomic mass is 9.76. The molecule has 10 nitrogen and oxygen atoms in total. The highest BCUT2D eigenvalue weighted by molar-refractivity contribution is 5.87. The Kier molecular flexibility index (Phi) is 7.25. The summed E-state index contributed by atoms with van der Waals surface area (Å²) >= 11 is 0. The zero-order chi connectivity index (χ0) is 28.8. The first-order valence-corrected chi connectivity index (χ1v) is 13.4. The van der Waals surface area contributed by atoms with Gasteiger partial charge in [-0.3, -0.25) is 4.79 Å². The normalized spacial score (nSPS) is 24.8. The van der Waals surface area contributed by atoms with Gasteiger partial charge in [0.05, 0.1) is 44.5 Å². The fourth-order valence-corrected chi connectivity index (χ4v) is 5.31. The van der Waals surface area contributed by atoms with Crippen molar-refractivity contribution in [1.82, 2.24) is 9.88 Å². The smallest absolute Gasteiger partial charge is 0.258 e. The second-order valence-corrected chi connectivity index (χ2v) is 11.4. The average Bonchev–Trinajstić information content (AvgIpc) is 3.46. The molecular formula is C30H36N4O6. The molecule has 2 fully saturated rings. The van der Waals surface area contributed by atoms with Crippen molar-refractivity contribution in [2.45, 2.75) is 58.7 Å². The fourth-order valence-electron chi connectivity index (χ4n) is 5.31. The number of aliphatic hydroxyl groups is 1. The summed E-state index contributed by atoms with van der Waals surface area (Å²) in [5, 5.41) is 20.2. The van der Waals surface area contributed by atoms with E-state index >= 15 is 0 Å². The third kappa shape index (κ3) is 5.12. The van der Waals surface area contributed by atoms with E-state index in [-0.39, 0.29) is 18.6 Å². The number of aliphatic hydroxyl groups excluding tert-OH is 1. The number of carbonyl (C=O) groups is 1. The standard InChI is InChI=1S/C30H36N4O6/c1-18-12-32-27(10-21(18)11-31)33-13-22(14-33)39-25-9-20(7-8-24(25)37-6)23-15-34(17-30(23,5)19(2)35)28(36)26-16-38-29(3,4)40-26/h7-10,12,15,19,22,26,35H,13-14,16-17H2,1-6H3/t19-,26+,30+/m1/s1. The molecular weight excluding hydrogens is 512 g/mol. The zero-order valence-corrected chi connectivity index (χ0v) is 23.8. The molecule has 4 heterocycles. The van der Waals surface area contributed by atoms with Crippen molar-refractivity contribution >= 4 is 17.3 Å². The summed E-state index contributed by atoms with van der Waals surface area (Å²) in [6, 6.07) is 9.66. The number of carbonyl (C=O) groups excluding carboxylic acids is 1. The molecule has 3 aliphatic heterocycles. The molecule has 2 saturated heterocycles. The maximum atomic E-state index is 13.3. The first kappa shape index (κ1) is 27.9. The number of pyridine rings is 1. The molecule has 40 heavy (non-hydrogen) atoms. The summed E-state index contributed by atoms with van der Waals surface area (Å²) < 4.78 is 23.3. The van der Waals surface area contributed by atoms with E-state index in [0.717, 1.165) is 22.5 Å². The Labute approximate surface area is 234 Å². The van der Waals surface area contributed by atoms with Gasteiger partial charge in [-0.15, -0.1) is 0 Å². The first-order chi connectivity index (χ1) is 18.9. The van der Waals surface area contributed by atoms with Gasteiger partial charge in [-0.05, 0) is 62.6 Å². The van der Waals surface area contributed by atoms with Crippen LogP contribution in [0.25, 0.3) is 5.57 Å². The van der Waals surface area contributed by atoms with Crippen molar-refractivity contribution in [2.75, 3.05) is 38.3 Å². The minimum Gasteiger partial charge on any atom is -0.493 e. The molecule has 1 aromatic carbocycles. The van der Waals surface area contributed by atoms with E-state index in [1.807, 2.05) is 32.0 Å². The van der Waals surface area contributed by atoms with E-state index in [2.05, 4.69) is 16.0 Å². The lowest BCUT2D eigenvalue weighted by molar-refractivity contribution is -0.158. The third-order valence-corrected chi connectivity index (χ3v) is 8.04. The predicted molar refractivity (Wildman–Crippen MR) is 148 cm³/mol. The van der Waals surface area contributed by atoms with Crippen LogP contribution in [0.4, 0.5) is 5.82 Å². The number of aromatic nitrogens is 1. The molecule has 212 valence electrons. The van der Waals surface area contributed by atoms with Gasteiger partial charge in [-0.1, -0.05) is 13.0 Å². The molecule has 1 aromatic heterocycles. The number of amides is 1. The summed E-state index contributed by atoms with van der Waals surface area (Å²) in [6.07, 6.45) is 1.99. The molecule has 1 N–H and O–H groups in total. The van der Waals surface area contributed by atoms with Gasteiger partial charge < -0.3 is 33.9 Å². The minimum atomic E-state index is -0.812. The first-order valence-electron chi connectivity index (χ1n) is 13.4. The molecule has 0 bridgehead atoms. The molecule has 0 saturated carbocycles. The Hall–Kier alpha value is -3.65. The van der Waals surface area contributed by atoms with Gasteiger partial charge in [0.2, 0.25) is 0 Å². The highest BCUT2D eigenvalue weighted by Gasteiger charge is 2.46. The summed E-state index contributed by atoms with van der Waals surface area (Å²) in [7, 11) is 1.59. The van der Waals surface area contributed by atoms with Crippen LogP contribution in [0.2, 0.25) is 0 Å². The van der Waals surface area contributed by atoms with Crippen LogP contribution in [-0.4, -0.2) is 78.3 Å². The van der Waals surface area contributed by atoms with Gasteiger partial charge in [-0.25, -0.2) is 4.98 Å². The molecule has 2 aromatic rings. The van der Waals surface area contributed by atoms with E-state index in [4.69, 9.17) is 18.9 Å². The van der Waals surface area contributed by atoms with E-state index in [1.165, 1.54) is 0 Å². The van der Waals surface area contributed by atoms with Crippen LogP contribution >= 0.6 is 0 Å². The van der Waals surface area contributed by atoms with Crippen molar-refractivity contribution in [1.29, 1.82) is 5.26 Å². The Morgan fingerprint density at radius 1 is 1.25 bits per heavy atom. The Morgan fingerprint density at radius 2 is 2.00 bits per heavy atom. The van der Waals surface area contributed by atoms with E-state index in [1.54, 1.807) is 51.2 Å². The van der Waals surface area contributed by atoms with Gasteiger partial charge in [0, 0.05) is 24.4 Å². The van der Waals surface area contributed by atoms with Crippen LogP contribution in [0.5, 0.6) is 11.5 Å². The third-order valence-electron chi connectivity index (χ3n) is 8.04. The summed E-state index contributed by atoms with van der Waals surface area (Å²) in [6.45, 7) is 10.9. The molecule has 3 atom stereocenters. The molecule has 10 heteroatoms. The monoisotopic (exact) mass is 548 g/mol. The lowest BCUT2D eigenvalue weighted by Crippen LogP contribution is -2.54. The van der Waals surface area contributed by atoms with Crippen molar-refractivity contribution in [3.63, 3.8) is 0 Å². The van der Waals surface area contributed by atoms with E-state index in [9.17, 15) is 15.2 Å². The van der Waals surface area contributed by atoms with Gasteiger partial charge in [0.25, 0.3) is 5.91 Å². The maximum absolute atomic E-state index is 13.3. The number of anilines is 1. The molecule has 3 aliphatic rings. The van der Waals surface area contributed by atoms with Crippen LogP contribution in [0, 0.1) is 23.7 Å². The second kappa shape index (κ2) is 10.4. The number of aryl methyl sites for hydroxylation is 1. The van der Waals surface area contributed by atoms with Crippen molar-refractivity contribution in [2.24, 2.45) is 5.41 Å². The number of ether oxygens (including phenoxy) is 4. The quantitative estimate of drug-likeness (QED) is 0.556. The SMILES string of the molecule is COc1ccc(C2=CN(C(=O)[C@@H]3COC(C)(C)O3)C[C@@]2(C)[C@@H](C)O)cc1OC1CN(c2cc(C#N)c(C)cn2)C1. The predicted octanol–water partition coefficient (Wildman–Crippen LogP) is 3.26. The Balaban J connectivity index is 1.36. The number of nitriles is 1. The van der Waals surface area contributed by atoms with Crippen LogP contribution in [0.1, 0.15) is 44.4 Å². The summed E-state index contributed by atoms with van der Waals surface area (Å²) in [5.41, 5.74) is 2.40. The minimum absolute atomic E-state index is 0.0977. The number of benzene rings is 1. The molecule has 1 amide bonds. The number of hydrogen-bond acceptors (Lipinski definition) is 9. The number of nitrogens with zero attached hydrogens (tertiary/aromatic N) is 4. The van der Waals surface area contributed by atoms with Crippen molar-refractivity contribution < 1.29 is 28.8 Å². The van der Waals surface area contributed by atoms with Gasteiger partial charge in [0.15, 0.2) is 23.4 Å². The topological polar surface area (TPSA) is 117 Å². The number of rotatable bonds is 7. The largest absolute Gasteiger partial charge is 0.493 e. The Bertz CT molecular complexity index is 1380. The lowest BCUT2D eigenvalue weighted by Gasteiger charge is -2.40. The average molecular weight is 549 g/mol. The molecule has 0 radical (unpaired) electrons. The van der Waals surface area contributed by atoms with Crippen LogP contribution < -0.4 is 14.4 Å². The van der Waals surface area contributed by atoms with Gasteiger partial charge in [-0.2, -0.15) is 5.26 Å². The van der Waals surface area contributed by atoms with Crippen LogP contribution in [0.15, 0.2) is 36.7 Å². The zero-order valence-electron chi connectivity index (χ0n) is 23.8. The van der Waals surface area contributed by atoms with Gasteiger partial charge >= 0.3 is 0 Å². The van der Waals surface area contributed by atoms with Gasteiger partial charge in [0.1, 0.15) is 11.9 Å². The van der Waals surface area contributed by atoms with Crippen molar-refractivity contribution in [3.8, 4) is 17.6 Å². The number of hydrogen-bond donors (Lipinski definition) is 1. The van der Waals surface area contributed by atoms with Crippen molar-refractivity contribution in [3.05, 3.63) is 53.4 Å². The van der Waals surface area contributed by atoms with E-state index in [0.29, 0.717) is 36.7 Å². The molecule has 0 aliphatic carbocycles. The fraction of sp³-hybridized carbons (Fsp3) is 0.500. The van der Waals surface area contributed by atoms with Crippen LogP contribution in [0.3, 0.4) is 0 Å². The maximum Gasteiger partial charge on any atom is 0.258 e. The summed E-state index contributed by atoms with van der Waals surface area (Å²) in [4.78, 5) is 21.4. The highest BCUT2D eigenvalue weighted by atomic mass is 16.7. The molecule has 5 rings (SSSR count). The highest BCUT2D eigenvalue weighted by Crippen LogP contribution is 2.46. The molecule has 0 unspecified atom stereocenters. The number of methoxy groups -OCH3 is 1. The molecule has 0 spiro atoms. The Morgan fingerprint density at radius 3 is 2.62 bits per heavy atom. The van der Waals surface area contributed by atoms with E-state index < -0.39 is 23.4 Å².